The normalized spacial score (nSPS) is 19.1. The molecule has 1 amide bonds. The molecule has 1 aromatic heterocycles. The summed E-state index contributed by atoms with van der Waals surface area (Å²) in [6.07, 6.45) is 5.23. The van der Waals surface area contributed by atoms with Gasteiger partial charge < -0.3 is 10.3 Å². The van der Waals surface area contributed by atoms with Crippen molar-refractivity contribution in [1.29, 1.82) is 5.26 Å². The highest BCUT2D eigenvalue weighted by molar-refractivity contribution is 7.88. The first-order valence-corrected chi connectivity index (χ1v) is 13.6. The van der Waals surface area contributed by atoms with Gasteiger partial charge in [0.25, 0.3) is 0 Å². The van der Waals surface area contributed by atoms with Gasteiger partial charge >= 0.3 is 0 Å². The topological polar surface area (TPSA) is 125 Å². The van der Waals surface area contributed by atoms with E-state index in [0.717, 1.165) is 23.1 Å². The molecular weight excluding hydrogens is 476 g/mol. The average molecular weight is 507 g/mol. The first-order valence-electron chi connectivity index (χ1n) is 11.7. The minimum absolute atomic E-state index is 0.194. The molecule has 2 heterocycles. The van der Waals surface area contributed by atoms with Crippen molar-refractivity contribution in [3.8, 4) is 6.07 Å². The largest absolute Gasteiger partial charge is 0.368 e. The van der Waals surface area contributed by atoms with Gasteiger partial charge in [-0.25, -0.2) is 13.4 Å². The van der Waals surface area contributed by atoms with Crippen LogP contribution in [0.2, 0.25) is 0 Å². The summed E-state index contributed by atoms with van der Waals surface area (Å²) in [4.78, 5) is 19.3. The highest BCUT2D eigenvalue weighted by Gasteiger charge is 2.50. The number of carbonyl (C=O) groups is 1. The standard InChI is InChI=1S/C26H30N6O3S/c1-36(34,35)32-14-13-30(17-22-5-3-2-4-6-22)19-26(32,25(28)33)12-11-24-16-29-20-31(24)18-23-9-7-21(15-27)8-10-23/h2-10,16,20H,11-14,17-19H2,1H3,(H2,28,33)/t26-/m1/s1. The molecule has 9 nitrogen and oxygen atoms in total. The quantitative estimate of drug-likeness (QED) is 0.471. The summed E-state index contributed by atoms with van der Waals surface area (Å²) in [6.45, 7) is 2.06. The van der Waals surface area contributed by atoms with Gasteiger partial charge in [-0.3, -0.25) is 9.69 Å². The van der Waals surface area contributed by atoms with Crippen LogP contribution in [0.3, 0.4) is 0 Å². The Balaban J connectivity index is 1.57. The molecule has 1 aliphatic heterocycles. The maximum Gasteiger partial charge on any atom is 0.240 e. The molecule has 0 radical (unpaired) electrons. The first kappa shape index (κ1) is 25.6. The van der Waals surface area contributed by atoms with Crippen LogP contribution in [-0.2, 0) is 34.3 Å². The van der Waals surface area contributed by atoms with E-state index in [1.807, 2.05) is 47.0 Å². The van der Waals surface area contributed by atoms with Crippen LogP contribution in [0.15, 0.2) is 67.1 Å². The zero-order valence-electron chi connectivity index (χ0n) is 20.2. The van der Waals surface area contributed by atoms with E-state index in [4.69, 9.17) is 11.0 Å². The third-order valence-electron chi connectivity index (χ3n) is 6.72. The van der Waals surface area contributed by atoms with Gasteiger partial charge in [-0.2, -0.15) is 9.57 Å². The van der Waals surface area contributed by atoms with E-state index in [9.17, 15) is 13.2 Å². The molecule has 1 fully saturated rings. The van der Waals surface area contributed by atoms with E-state index in [1.165, 1.54) is 4.31 Å². The van der Waals surface area contributed by atoms with Gasteiger partial charge in [-0.05, 0) is 36.1 Å². The smallest absolute Gasteiger partial charge is 0.240 e. The third-order valence-corrected chi connectivity index (χ3v) is 8.05. The predicted molar refractivity (Wildman–Crippen MR) is 136 cm³/mol. The lowest BCUT2D eigenvalue weighted by Crippen LogP contribution is -2.69. The number of rotatable bonds is 9. The fraction of sp³-hybridized carbons (Fsp3) is 0.346. The number of nitrogens with zero attached hydrogens (tertiary/aromatic N) is 5. The number of aryl methyl sites for hydroxylation is 1. The van der Waals surface area contributed by atoms with Gasteiger partial charge in [0.15, 0.2) is 0 Å². The monoisotopic (exact) mass is 506 g/mol. The lowest BCUT2D eigenvalue weighted by atomic mass is 9.88. The molecular formula is C26H30N6O3S. The Kier molecular flexibility index (Phi) is 7.54. The molecule has 0 saturated carbocycles. The number of primary amides is 1. The zero-order valence-corrected chi connectivity index (χ0v) is 21.1. The van der Waals surface area contributed by atoms with Crippen molar-refractivity contribution in [1.82, 2.24) is 18.8 Å². The van der Waals surface area contributed by atoms with E-state index in [-0.39, 0.29) is 19.5 Å². The molecule has 0 bridgehead atoms. The average Bonchev–Trinajstić information content (AvgIpc) is 3.30. The molecule has 1 saturated heterocycles. The summed E-state index contributed by atoms with van der Waals surface area (Å²) < 4.78 is 28.8. The van der Waals surface area contributed by atoms with Crippen molar-refractivity contribution in [3.63, 3.8) is 0 Å². The van der Waals surface area contributed by atoms with Gasteiger partial charge in [0, 0.05) is 44.6 Å². The van der Waals surface area contributed by atoms with Crippen LogP contribution in [0.5, 0.6) is 0 Å². The van der Waals surface area contributed by atoms with Crippen LogP contribution in [0.1, 0.15) is 28.8 Å². The van der Waals surface area contributed by atoms with Crippen LogP contribution >= 0.6 is 0 Å². The van der Waals surface area contributed by atoms with Gasteiger partial charge in [0.1, 0.15) is 5.54 Å². The van der Waals surface area contributed by atoms with Crippen molar-refractivity contribution >= 4 is 15.9 Å². The number of carbonyl (C=O) groups excluding carboxylic acids is 1. The van der Waals surface area contributed by atoms with Gasteiger partial charge in [0.05, 0.1) is 24.2 Å². The van der Waals surface area contributed by atoms with Gasteiger partial charge in [-0.15, -0.1) is 0 Å². The number of sulfonamides is 1. The molecule has 3 aromatic rings. The first-order chi connectivity index (χ1) is 17.2. The van der Waals surface area contributed by atoms with Crippen LogP contribution in [0.4, 0.5) is 0 Å². The van der Waals surface area contributed by atoms with Crippen molar-refractivity contribution in [3.05, 3.63) is 89.5 Å². The molecule has 2 N–H and O–H groups in total. The van der Waals surface area contributed by atoms with E-state index >= 15 is 0 Å². The van der Waals surface area contributed by atoms with Crippen LogP contribution in [0, 0.1) is 11.3 Å². The highest BCUT2D eigenvalue weighted by Crippen LogP contribution is 2.30. The van der Waals surface area contributed by atoms with E-state index in [1.54, 1.807) is 24.7 Å². The van der Waals surface area contributed by atoms with E-state index < -0.39 is 21.5 Å². The third kappa shape index (κ3) is 5.65. The molecule has 0 aliphatic carbocycles. The van der Waals surface area contributed by atoms with Crippen molar-refractivity contribution in [2.24, 2.45) is 5.73 Å². The summed E-state index contributed by atoms with van der Waals surface area (Å²) in [6, 6.07) is 19.3. The minimum atomic E-state index is -3.67. The maximum absolute atomic E-state index is 13.0. The second kappa shape index (κ2) is 10.6. The van der Waals surface area contributed by atoms with E-state index in [2.05, 4.69) is 16.0 Å². The second-order valence-corrected chi connectivity index (χ2v) is 11.2. The van der Waals surface area contributed by atoms with Gasteiger partial charge in [0.2, 0.25) is 15.9 Å². The molecule has 2 aromatic carbocycles. The Hall–Kier alpha value is -3.52. The summed E-state index contributed by atoms with van der Waals surface area (Å²) in [5.41, 5.74) is 8.13. The molecule has 36 heavy (non-hydrogen) atoms. The lowest BCUT2D eigenvalue weighted by Gasteiger charge is -2.47. The summed E-state index contributed by atoms with van der Waals surface area (Å²) in [5.74, 6) is -0.649. The minimum Gasteiger partial charge on any atom is -0.368 e. The van der Waals surface area contributed by atoms with Crippen molar-refractivity contribution in [2.45, 2.75) is 31.5 Å². The number of hydrogen-bond acceptors (Lipinski definition) is 6. The Morgan fingerprint density at radius 1 is 1.08 bits per heavy atom. The van der Waals surface area contributed by atoms with Crippen molar-refractivity contribution in [2.75, 3.05) is 25.9 Å². The van der Waals surface area contributed by atoms with Gasteiger partial charge in [-0.1, -0.05) is 42.5 Å². The summed E-state index contributed by atoms with van der Waals surface area (Å²) in [5, 5.41) is 9.02. The van der Waals surface area contributed by atoms with Crippen LogP contribution in [-0.4, -0.2) is 64.5 Å². The van der Waals surface area contributed by atoms with Crippen LogP contribution < -0.4 is 5.73 Å². The number of piperazine rings is 1. The fourth-order valence-corrected chi connectivity index (χ4v) is 6.16. The second-order valence-electron chi connectivity index (χ2n) is 9.25. The van der Waals surface area contributed by atoms with E-state index in [0.29, 0.717) is 31.6 Å². The molecule has 0 spiro atoms. The Labute approximate surface area is 211 Å². The summed E-state index contributed by atoms with van der Waals surface area (Å²) in [7, 11) is -3.67. The molecule has 188 valence electrons. The lowest BCUT2D eigenvalue weighted by molar-refractivity contribution is -0.131. The number of benzene rings is 2. The Morgan fingerprint density at radius 2 is 1.78 bits per heavy atom. The highest BCUT2D eigenvalue weighted by atomic mass is 32.2. The molecule has 10 heteroatoms. The number of nitriles is 1. The van der Waals surface area contributed by atoms with Crippen LogP contribution in [0.25, 0.3) is 0 Å². The predicted octanol–water partition coefficient (Wildman–Crippen LogP) is 1.74. The number of imidazole rings is 1. The van der Waals surface area contributed by atoms with Crippen molar-refractivity contribution < 1.29 is 13.2 Å². The Bertz CT molecular complexity index is 1350. The fourth-order valence-electron chi connectivity index (χ4n) is 4.88. The number of amides is 1. The SMILES string of the molecule is CS(=O)(=O)N1CCN(Cc2ccccc2)C[C@]1(CCc1cncn1Cc1ccc(C#N)cc1)C(N)=O. The molecule has 4 rings (SSSR count). The number of aromatic nitrogens is 2. The summed E-state index contributed by atoms with van der Waals surface area (Å²) >= 11 is 0. The molecule has 1 aliphatic rings. The Morgan fingerprint density at radius 3 is 2.42 bits per heavy atom. The maximum atomic E-state index is 13.0. The zero-order chi connectivity index (χ0) is 25.8. The molecule has 0 unspecified atom stereocenters. The number of hydrogen-bond donors (Lipinski definition) is 1. The molecule has 1 atom stereocenters. The number of nitrogens with two attached hydrogens (primary N) is 1.